The molecule has 1 rings (SSSR count). The molecular formula is C11H19F2N3O. The van der Waals surface area contributed by atoms with Crippen LogP contribution in [0.2, 0.25) is 0 Å². The van der Waals surface area contributed by atoms with Crippen LogP contribution in [0, 0.1) is 0 Å². The van der Waals surface area contributed by atoms with Gasteiger partial charge >= 0.3 is 0 Å². The minimum atomic E-state index is -2.39. The first-order chi connectivity index (χ1) is 8.13. The van der Waals surface area contributed by atoms with E-state index in [0.717, 1.165) is 17.8 Å². The number of nitrogens with zero attached hydrogens (tertiary/aromatic N) is 2. The summed E-state index contributed by atoms with van der Waals surface area (Å²) in [6.07, 6.45) is -1.48. The molecule has 0 aliphatic carbocycles. The highest BCUT2D eigenvalue weighted by molar-refractivity contribution is 5.09. The fraction of sp³-hybridized carbons (Fsp3) is 0.727. The molecule has 0 amide bonds. The predicted molar refractivity (Wildman–Crippen MR) is 61.1 cm³/mol. The second kappa shape index (κ2) is 7.34. The molecule has 0 saturated heterocycles. The van der Waals surface area contributed by atoms with Gasteiger partial charge in [-0.3, -0.25) is 4.68 Å². The van der Waals surface area contributed by atoms with Gasteiger partial charge in [0.25, 0.3) is 6.43 Å². The Morgan fingerprint density at radius 2 is 2.29 bits per heavy atom. The Bertz CT molecular complexity index is 329. The topological polar surface area (TPSA) is 39.1 Å². The van der Waals surface area contributed by atoms with E-state index in [9.17, 15) is 8.78 Å². The molecule has 1 heterocycles. The van der Waals surface area contributed by atoms with Crippen LogP contribution in [0.1, 0.15) is 18.3 Å². The summed E-state index contributed by atoms with van der Waals surface area (Å²) in [5.74, 6) is 0. The van der Waals surface area contributed by atoms with E-state index < -0.39 is 13.0 Å². The number of alkyl halides is 2. The van der Waals surface area contributed by atoms with Crippen LogP contribution >= 0.6 is 0 Å². The maximum absolute atomic E-state index is 11.7. The summed E-state index contributed by atoms with van der Waals surface area (Å²) in [4.78, 5) is 0. The molecule has 4 nitrogen and oxygen atoms in total. The van der Waals surface area contributed by atoms with Crippen molar-refractivity contribution in [1.82, 2.24) is 15.1 Å². The van der Waals surface area contributed by atoms with Gasteiger partial charge < -0.3 is 10.1 Å². The van der Waals surface area contributed by atoms with Crippen LogP contribution in [-0.4, -0.2) is 36.0 Å². The Hall–Kier alpha value is -1.01. The van der Waals surface area contributed by atoms with Gasteiger partial charge in [-0.05, 0) is 12.5 Å². The minimum absolute atomic E-state index is 0.294. The Labute approximate surface area is 100.0 Å². The summed E-state index contributed by atoms with van der Waals surface area (Å²) < 4.78 is 30.1. The van der Waals surface area contributed by atoms with Crippen LogP contribution in [0.4, 0.5) is 8.78 Å². The van der Waals surface area contributed by atoms with Gasteiger partial charge in [-0.2, -0.15) is 5.10 Å². The van der Waals surface area contributed by atoms with E-state index in [0.29, 0.717) is 19.7 Å². The number of aryl methyl sites for hydroxylation is 2. The van der Waals surface area contributed by atoms with Gasteiger partial charge in [0.1, 0.15) is 6.61 Å². The average Bonchev–Trinajstić information content (AvgIpc) is 2.64. The Balaban J connectivity index is 2.15. The van der Waals surface area contributed by atoms with Crippen LogP contribution in [0.3, 0.4) is 0 Å². The Kier molecular flexibility index (Phi) is 6.07. The van der Waals surface area contributed by atoms with Gasteiger partial charge in [0.15, 0.2) is 0 Å². The summed E-state index contributed by atoms with van der Waals surface area (Å²) >= 11 is 0. The van der Waals surface area contributed by atoms with Gasteiger partial charge in [-0.1, -0.05) is 6.92 Å². The second-order valence-electron chi connectivity index (χ2n) is 3.75. The lowest BCUT2D eigenvalue weighted by Gasteiger charge is -2.05. The van der Waals surface area contributed by atoms with E-state index in [1.165, 1.54) is 0 Å². The van der Waals surface area contributed by atoms with Crippen LogP contribution < -0.4 is 5.32 Å². The highest BCUT2D eigenvalue weighted by Crippen LogP contribution is 2.03. The SMILES string of the molecule is CCc1cc(CNCCOCC(F)F)n(C)n1. The number of halogens is 2. The first-order valence-corrected chi connectivity index (χ1v) is 5.72. The highest BCUT2D eigenvalue weighted by atomic mass is 19.3. The van der Waals surface area contributed by atoms with E-state index in [2.05, 4.69) is 17.3 Å². The monoisotopic (exact) mass is 247 g/mol. The number of aromatic nitrogens is 2. The normalized spacial score (nSPS) is 11.4. The molecule has 0 spiro atoms. The van der Waals surface area contributed by atoms with Gasteiger partial charge in [0, 0.05) is 20.1 Å². The molecular weight excluding hydrogens is 228 g/mol. The van der Waals surface area contributed by atoms with Gasteiger partial charge in [0.05, 0.1) is 18.0 Å². The summed E-state index contributed by atoms with van der Waals surface area (Å²) in [6, 6.07) is 2.03. The zero-order valence-corrected chi connectivity index (χ0v) is 10.2. The predicted octanol–water partition coefficient (Wildman–Crippen LogP) is 1.35. The van der Waals surface area contributed by atoms with Crippen molar-refractivity contribution in [3.05, 3.63) is 17.5 Å². The van der Waals surface area contributed by atoms with Crippen LogP contribution in [0.5, 0.6) is 0 Å². The number of nitrogens with one attached hydrogen (secondary N) is 1. The van der Waals surface area contributed by atoms with E-state index >= 15 is 0 Å². The van der Waals surface area contributed by atoms with Crippen molar-refractivity contribution in [1.29, 1.82) is 0 Å². The van der Waals surface area contributed by atoms with Crippen molar-refractivity contribution in [2.24, 2.45) is 7.05 Å². The third-order valence-electron chi connectivity index (χ3n) is 2.36. The van der Waals surface area contributed by atoms with E-state index in [1.54, 1.807) is 0 Å². The number of ether oxygens (including phenoxy) is 1. The molecule has 6 heteroatoms. The van der Waals surface area contributed by atoms with Gasteiger partial charge in [-0.25, -0.2) is 8.78 Å². The molecule has 98 valence electrons. The Morgan fingerprint density at radius 3 is 2.88 bits per heavy atom. The molecule has 0 fully saturated rings. The lowest BCUT2D eigenvalue weighted by molar-refractivity contribution is 0.0187. The zero-order valence-electron chi connectivity index (χ0n) is 10.2. The van der Waals surface area contributed by atoms with Crippen molar-refractivity contribution >= 4 is 0 Å². The standard InChI is InChI=1S/C11H19F2N3O/c1-3-9-6-10(16(2)15-9)7-14-4-5-17-8-11(12)13/h6,11,14H,3-5,7-8H2,1-2H3. The van der Waals surface area contributed by atoms with Crippen molar-refractivity contribution < 1.29 is 13.5 Å². The molecule has 0 saturated carbocycles. The number of hydrogen-bond acceptors (Lipinski definition) is 3. The summed E-state index contributed by atoms with van der Waals surface area (Å²) in [5, 5.41) is 7.44. The fourth-order valence-electron chi connectivity index (χ4n) is 1.44. The molecule has 0 unspecified atom stereocenters. The first kappa shape index (κ1) is 14.1. The van der Waals surface area contributed by atoms with Crippen molar-refractivity contribution in [3.8, 4) is 0 Å². The van der Waals surface area contributed by atoms with E-state index in [1.807, 2.05) is 17.8 Å². The molecule has 1 aromatic rings. The third-order valence-corrected chi connectivity index (χ3v) is 2.36. The van der Waals surface area contributed by atoms with Crippen molar-refractivity contribution in [2.45, 2.75) is 26.3 Å². The molecule has 0 bridgehead atoms. The summed E-state index contributed by atoms with van der Waals surface area (Å²) in [6.45, 7) is 3.08. The molecule has 0 atom stereocenters. The molecule has 1 aromatic heterocycles. The zero-order chi connectivity index (χ0) is 12.7. The largest absolute Gasteiger partial charge is 0.374 e. The number of hydrogen-bond donors (Lipinski definition) is 1. The molecule has 17 heavy (non-hydrogen) atoms. The van der Waals surface area contributed by atoms with Gasteiger partial charge in [0.2, 0.25) is 0 Å². The first-order valence-electron chi connectivity index (χ1n) is 5.72. The lowest BCUT2D eigenvalue weighted by atomic mass is 10.3. The lowest BCUT2D eigenvalue weighted by Crippen LogP contribution is -2.21. The van der Waals surface area contributed by atoms with Crippen molar-refractivity contribution in [3.63, 3.8) is 0 Å². The maximum atomic E-state index is 11.7. The maximum Gasteiger partial charge on any atom is 0.261 e. The smallest absolute Gasteiger partial charge is 0.261 e. The summed E-state index contributed by atoms with van der Waals surface area (Å²) in [5.41, 5.74) is 2.13. The summed E-state index contributed by atoms with van der Waals surface area (Å²) in [7, 11) is 1.89. The highest BCUT2D eigenvalue weighted by Gasteiger charge is 2.03. The quantitative estimate of drug-likeness (QED) is 0.705. The van der Waals surface area contributed by atoms with Crippen LogP contribution in [-0.2, 0) is 24.8 Å². The third kappa shape index (κ3) is 5.23. The molecule has 1 N–H and O–H groups in total. The van der Waals surface area contributed by atoms with E-state index in [-0.39, 0.29) is 0 Å². The average molecular weight is 247 g/mol. The number of rotatable bonds is 8. The molecule has 0 radical (unpaired) electrons. The van der Waals surface area contributed by atoms with Crippen LogP contribution in [0.25, 0.3) is 0 Å². The molecule has 0 aliphatic rings. The van der Waals surface area contributed by atoms with Crippen molar-refractivity contribution in [2.75, 3.05) is 19.8 Å². The molecule has 0 aromatic carbocycles. The van der Waals surface area contributed by atoms with Crippen LogP contribution in [0.15, 0.2) is 6.07 Å². The minimum Gasteiger partial charge on any atom is -0.374 e. The van der Waals surface area contributed by atoms with E-state index in [4.69, 9.17) is 4.74 Å². The molecule has 0 aliphatic heterocycles. The fourth-order valence-corrected chi connectivity index (χ4v) is 1.44. The Morgan fingerprint density at radius 1 is 1.53 bits per heavy atom. The second-order valence-corrected chi connectivity index (χ2v) is 3.75. The van der Waals surface area contributed by atoms with Gasteiger partial charge in [-0.15, -0.1) is 0 Å².